The fourth-order valence-electron chi connectivity index (χ4n) is 7.88. The summed E-state index contributed by atoms with van der Waals surface area (Å²) < 4.78 is 34.6. The minimum absolute atomic E-state index is 0.0302. The zero-order valence-corrected chi connectivity index (χ0v) is 46.4. The van der Waals surface area contributed by atoms with Crippen LogP contribution >= 0.6 is 7.82 Å². The van der Waals surface area contributed by atoms with Gasteiger partial charge in [0.15, 0.2) is 6.10 Å². The molecule has 0 fully saturated rings. The molecule has 0 aromatic rings. The standard InChI is InChI=1S/C59H108NO8P/c1-6-8-10-12-14-16-18-20-22-24-26-27-28-29-30-31-32-33-34-36-38-40-42-44-46-48-50-52-59(62)68-57(56-67-69(63,64)66-54-53-60(3,4)5)55-65-58(61)51-49-47-45-43-41-39-37-35-25-23-21-19-17-15-13-11-9-7-2/h8,10,14,16,20,22-23,25-27,57H,6-7,9,11-13,15,17-19,21,24,28-56H2,1-5H3/p+1/b10-8-,16-14-,22-20-,25-23-,27-26-. The lowest BCUT2D eigenvalue weighted by molar-refractivity contribution is -0.870. The number of rotatable bonds is 52. The molecule has 0 aliphatic carbocycles. The molecule has 0 rings (SSSR count). The summed E-state index contributed by atoms with van der Waals surface area (Å²) in [4.78, 5) is 35.7. The number of likely N-dealkylation sites (N-methyl/N-ethyl adjacent to an activating group) is 1. The maximum Gasteiger partial charge on any atom is 0.472 e. The van der Waals surface area contributed by atoms with Crippen LogP contribution in [0.3, 0.4) is 0 Å². The Morgan fingerprint density at radius 2 is 0.826 bits per heavy atom. The lowest BCUT2D eigenvalue weighted by Crippen LogP contribution is -2.37. The van der Waals surface area contributed by atoms with Crippen LogP contribution in [-0.2, 0) is 32.7 Å². The lowest BCUT2D eigenvalue weighted by atomic mass is 10.0. The molecule has 0 aromatic heterocycles. The monoisotopic (exact) mass is 991 g/mol. The molecule has 402 valence electrons. The SMILES string of the molecule is CC/C=C\C/C=C\C/C=C\C/C=C\CCCCCCCCCCCCCCCCC(=O)OC(COC(=O)CCCCCCCCC/C=C\CCCCCCCCC)COP(=O)(O)OCC[N+](C)(C)C. The molecule has 10 heteroatoms. The van der Waals surface area contributed by atoms with Gasteiger partial charge in [0.1, 0.15) is 19.8 Å². The molecule has 0 heterocycles. The molecule has 0 aromatic carbocycles. The van der Waals surface area contributed by atoms with E-state index in [1.54, 1.807) is 0 Å². The molecule has 0 spiro atoms. The highest BCUT2D eigenvalue weighted by Gasteiger charge is 2.27. The normalized spacial score (nSPS) is 13.8. The summed E-state index contributed by atoms with van der Waals surface area (Å²) in [6.07, 6.45) is 64.2. The van der Waals surface area contributed by atoms with Gasteiger partial charge in [-0.2, -0.15) is 0 Å². The van der Waals surface area contributed by atoms with E-state index in [2.05, 4.69) is 74.6 Å². The Morgan fingerprint density at radius 3 is 1.25 bits per heavy atom. The van der Waals surface area contributed by atoms with E-state index in [4.69, 9.17) is 18.5 Å². The van der Waals surface area contributed by atoms with E-state index in [9.17, 15) is 19.0 Å². The smallest absolute Gasteiger partial charge is 0.462 e. The van der Waals surface area contributed by atoms with Crippen LogP contribution in [0.1, 0.15) is 251 Å². The Labute approximate surface area is 426 Å². The minimum Gasteiger partial charge on any atom is -0.462 e. The van der Waals surface area contributed by atoms with E-state index in [1.807, 2.05) is 21.1 Å². The van der Waals surface area contributed by atoms with Crippen LogP contribution in [0, 0.1) is 0 Å². The summed E-state index contributed by atoms with van der Waals surface area (Å²) in [7, 11) is 1.48. The summed E-state index contributed by atoms with van der Waals surface area (Å²) in [5, 5.41) is 0. The zero-order chi connectivity index (χ0) is 50.6. The van der Waals surface area contributed by atoms with Crippen molar-refractivity contribution in [2.75, 3.05) is 47.5 Å². The van der Waals surface area contributed by atoms with Gasteiger partial charge in [0.25, 0.3) is 0 Å². The lowest BCUT2D eigenvalue weighted by Gasteiger charge is -2.24. The fraction of sp³-hybridized carbons (Fsp3) is 0.797. The maximum absolute atomic E-state index is 12.8. The number of phosphoric ester groups is 1. The molecule has 0 amide bonds. The van der Waals surface area contributed by atoms with Gasteiger partial charge in [-0.05, 0) is 77.0 Å². The molecule has 1 N–H and O–H groups in total. The number of carbonyl (C=O) groups is 2. The number of carbonyl (C=O) groups excluding carboxylic acids is 2. The Kier molecular flexibility index (Phi) is 49.0. The molecular weight excluding hydrogens is 882 g/mol. The predicted octanol–water partition coefficient (Wildman–Crippen LogP) is 17.5. The van der Waals surface area contributed by atoms with Crippen molar-refractivity contribution in [2.45, 2.75) is 258 Å². The topological polar surface area (TPSA) is 108 Å². The van der Waals surface area contributed by atoms with Crippen LogP contribution in [-0.4, -0.2) is 74.9 Å². The second-order valence-electron chi connectivity index (χ2n) is 20.3. The van der Waals surface area contributed by atoms with Gasteiger partial charge < -0.3 is 18.9 Å². The van der Waals surface area contributed by atoms with Gasteiger partial charge in [0.2, 0.25) is 0 Å². The van der Waals surface area contributed by atoms with Gasteiger partial charge in [-0.3, -0.25) is 18.6 Å². The van der Waals surface area contributed by atoms with Crippen molar-refractivity contribution in [2.24, 2.45) is 0 Å². The van der Waals surface area contributed by atoms with Gasteiger partial charge in [0.05, 0.1) is 27.7 Å². The summed E-state index contributed by atoms with van der Waals surface area (Å²) >= 11 is 0. The first-order chi connectivity index (χ1) is 33.5. The molecule has 0 saturated carbocycles. The average Bonchev–Trinajstić information content (AvgIpc) is 3.31. The Hall–Kier alpha value is -2.29. The molecule has 0 aliphatic rings. The number of hydrogen-bond acceptors (Lipinski definition) is 7. The third kappa shape index (κ3) is 54.9. The van der Waals surface area contributed by atoms with Crippen molar-refractivity contribution in [3.63, 3.8) is 0 Å². The van der Waals surface area contributed by atoms with Crippen molar-refractivity contribution in [3.05, 3.63) is 60.8 Å². The van der Waals surface area contributed by atoms with Crippen molar-refractivity contribution >= 4 is 19.8 Å². The van der Waals surface area contributed by atoms with E-state index in [1.165, 1.54) is 154 Å². The summed E-state index contributed by atoms with van der Waals surface area (Å²) in [6.45, 7) is 4.34. The Balaban J connectivity index is 4.15. The first-order valence-corrected chi connectivity index (χ1v) is 30.0. The first-order valence-electron chi connectivity index (χ1n) is 28.5. The third-order valence-corrected chi connectivity index (χ3v) is 13.3. The summed E-state index contributed by atoms with van der Waals surface area (Å²) in [6, 6.07) is 0. The van der Waals surface area contributed by atoms with Crippen LogP contribution in [0.15, 0.2) is 60.8 Å². The molecule has 2 unspecified atom stereocenters. The van der Waals surface area contributed by atoms with Gasteiger partial charge in [-0.25, -0.2) is 4.57 Å². The second-order valence-corrected chi connectivity index (χ2v) is 21.7. The van der Waals surface area contributed by atoms with Crippen LogP contribution in [0.25, 0.3) is 0 Å². The number of phosphoric acid groups is 1. The number of unbranched alkanes of at least 4 members (excludes halogenated alkanes) is 28. The van der Waals surface area contributed by atoms with Gasteiger partial charge in [-0.1, -0.05) is 222 Å². The first kappa shape index (κ1) is 66.7. The van der Waals surface area contributed by atoms with E-state index in [0.717, 1.165) is 64.2 Å². The van der Waals surface area contributed by atoms with Gasteiger partial charge in [0, 0.05) is 12.8 Å². The summed E-state index contributed by atoms with van der Waals surface area (Å²) in [5.41, 5.74) is 0. The van der Waals surface area contributed by atoms with E-state index < -0.39 is 26.5 Å². The quantitative estimate of drug-likeness (QED) is 0.0211. The number of allylic oxidation sites excluding steroid dienone is 10. The van der Waals surface area contributed by atoms with Crippen LogP contribution in [0.5, 0.6) is 0 Å². The van der Waals surface area contributed by atoms with Gasteiger partial charge in [-0.15, -0.1) is 0 Å². The Morgan fingerprint density at radius 1 is 0.464 bits per heavy atom. The highest BCUT2D eigenvalue weighted by atomic mass is 31.2. The molecule has 0 radical (unpaired) electrons. The van der Waals surface area contributed by atoms with Crippen LogP contribution < -0.4 is 0 Å². The second kappa shape index (κ2) is 50.6. The number of ether oxygens (including phenoxy) is 2. The molecule has 0 saturated heterocycles. The van der Waals surface area contributed by atoms with Crippen molar-refractivity contribution in [3.8, 4) is 0 Å². The zero-order valence-electron chi connectivity index (χ0n) is 45.5. The molecular formula is C59H109NO8P+. The number of esters is 2. The average molecular weight is 991 g/mol. The van der Waals surface area contributed by atoms with Crippen molar-refractivity contribution in [1.29, 1.82) is 0 Å². The fourth-order valence-corrected chi connectivity index (χ4v) is 8.63. The molecule has 0 bridgehead atoms. The van der Waals surface area contributed by atoms with E-state index in [0.29, 0.717) is 17.4 Å². The van der Waals surface area contributed by atoms with Crippen molar-refractivity contribution < 1.29 is 42.1 Å². The Bertz CT molecular complexity index is 1350. The number of hydrogen-bond donors (Lipinski definition) is 1. The molecule has 2 atom stereocenters. The summed E-state index contributed by atoms with van der Waals surface area (Å²) in [5.74, 6) is -0.797. The maximum atomic E-state index is 12.8. The van der Waals surface area contributed by atoms with E-state index in [-0.39, 0.29) is 32.0 Å². The number of quaternary nitrogens is 1. The molecule has 0 aliphatic heterocycles. The van der Waals surface area contributed by atoms with Crippen LogP contribution in [0.4, 0.5) is 0 Å². The molecule has 9 nitrogen and oxygen atoms in total. The highest BCUT2D eigenvalue weighted by molar-refractivity contribution is 7.47. The minimum atomic E-state index is -4.39. The van der Waals surface area contributed by atoms with E-state index >= 15 is 0 Å². The van der Waals surface area contributed by atoms with Crippen molar-refractivity contribution in [1.82, 2.24) is 0 Å². The largest absolute Gasteiger partial charge is 0.472 e. The molecule has 69 heavy (non-hydrogen) atoms. The predicted molar refractivity (Wildman–Crippen MR) is 293 cm³/mol. The highest BCUT2D eigenvalue weighted by Crippen LogP contribution is 2.43. The van der Waals surface area contributed by atoms with Gasteiger partial charge >= 0.3 is 19.8 Å². The third-order valence-electron chi connectivity index (χ3n) is 12.3. The van der Waals surface area contributed by atoms with Crippen LogP contribution in [0.2, 0.25) is 0 Å². The number of nitrogens with zero attached hydrogens (tertiary/aromatic N) is 1.